The van der Waals surface area contributed by atoms with E-state index in [4.69, 9.17) is 9.40 Å². The Balaban J connectivity index is 1.75. The maximum atomic E-state index is 12.8. The van der Waals surface area contributed by atoms with Crippen LogP contribution in [0.25, 0.3) is 32.8 Å². The second-order valence-electron chi connectivity index (χ2n) is 7.00. The number of benzene rings is 1. The van der Waals surface area contributed by atoms with Crippen LogP contribution in [0.5, 0.6) is 0 Å². The number of thiophene rings is 1. The predicted octanol–water partition coefficient (Wildman–Crippen LogP) is 4.83. The van der Waals surface area contributed by atoms with Crippen LogP contribution >= 0.6 is 11.3 Å². The molecule has 3 aromatic heterocycles. The van der Waals surface area contributed by atoms with Gasteiger partial charge < -0.3 is 9.40 Å². The van der Waals surface area contributed by atoms with Crippen LogP contribution in [0.15, 0.2) is 33.5 Å². The van der Waals surface area contributed by atoms with Crippen molar-refractivity contribution in [2.45, 2.75) is 33.1 Å². The minimum atomic E-state index is -0.0492. The molecule has 0 amide bonds. The lowest BCUT2D eigenvalue weighted by atomic mass is 9.89. The molecule has 4 aromatic rings. The number of para-hydroxylation sites is 1. The van der Waals surface area contributed by atoms with Crippen LogP contribution in [-0.4, -0.2) is 9.97 Å². The fraction of sp³-hybridized carbons (Fsp3) is 0.300. The highest BCUT2D eigenvalue weighted by Gasteiger charge is 2.24. The Hall–Kier alpha value is -2.40. The van der Waals surface area contributed by atoms with E-state index < -0.39 is 0 Å². The minimum absolute atomic E-state index is 0.0492. The summed E-state index contributed by atoms with van der Waals surface area (Å²) in [6.45, 7) is 4.28. The number of furan rings is 1. The standard InChI is InChI=1S/C20H18N2O2S/c1-10-7-8-13-15(9-10)25-20-16(13)19(23)21-18(22-20)17-11(2)12-5-3-4-6-14(12)24-17/h3-6,10H,7-9H2,1-2H3,(H,21,22,23)/t10-/m0/s1. The lowest BCUT2D eigenvalue weighted by molar-refractivity contribution is 0.509. The first-order chi connectivity index (χ1) is 12.1. The fourth-order valence-corrected chi connectivity index (χ4v) is 5.24. The molecule has 0 saturated carbocycles. The number of hydrogen-bond donors (Lipinski definition) is 1. The zero-order chi connectivity index (χ0) is 17.1. The van der Waals surface area contributed by atoms with Crippen LogP contribution < -0.4 is 5.56 Å². The molecule has 1 N–H and O–H groups in total. The van der Waals surface area contributed by atoms with Crippen molar-refractivity contribution in [2.75, 3.05) is 0 Å². The van der Waals surface area contributed by atoms with Gasteiger partial charge >= 0.3 is 0 Å². The van der Waals surface area contributed by atoms with Crippen molar-refractivity contribution in [2.24, 2.45) is 5.92 Å². The Morgan fingerprint density at radius 1 is 1.32 bits per heavy atom. The van der Waals surface area contributed by atoms with E-state index in [0.717, 1.165) is 46.0 Å². The van der Waals surface area contributed by atoms with Gasteiger partial charge in [-0.1, -0.05) is 25.1 Å². The molecule has 3 heterocycles. The van der Waals surface area contributed by atoms with Gasteiger partial charge in [0.1, 0.15) is 10.4 Å². The van der Waals surface area contributed by atoms with E-state index in [9.17, 15) is 4.79 Å². The molecule has 1 atom stereocenters. The molecule has 0 bridgehead atoms. The fourth-order valence-electron chi connectivity index (χ4n) is 3.86. The van der Waals surface area contributed by atoms with E-state index in [1.54, 1.807) is 11.3 Å². The molecule has 0 unspecified atom stereocenters. The van der Waals surface area contributed by atoms with Gasteiger partial charge in [-0.2, -0.15) is 0 Å². The van der Waals surface area contributed by atoms with Gasteiger partial charge in [-0.05, 0) is 43.7 Å². The highest BCUT2D eigenvalue weighted by molar-refractivity contribution is 7.18. The first kappa shape index (κ1) is 14.9. The number of rotatable bonds is 1. The summed E-state index contributed by atoms with van der Waals surface area (Å²) in [6, 6.07) is 7.90. The molecule has 0 saturated heterocycles. The van der Waals surface area contributed by atoms with Crippen molar-refractivity contribution in [1.29, 1.82) is 0 Å². The smallest absolute Gasteiger partial charge is 0.260 e. The van der Waals surface area contributed by atoms with E-state index >= 15 is 0 Å². The first-order valence-electron chi connectivity index (χ1n) is 8.65. The summed E-state index contributed by atoms with van der Waals surface area (Å²) in [5, 5.41) is 1.84. The molecule has 0 aliphatic heterocycles. The Labute approximate surface area is 148 Å². The van der Waals surface area contributed by atoms with Crippen molar-refractivity contribution in [3.05, 3.63) is 50.6 Å². The summed E-state index contributed by atoms with van der Waals surface area (Å²) in [7, 11) is 0. The van der Waals surface area contributed by atoms with Gasteiger partial charge in [0.15, 0.2) is 11.6 Å². The number of aryl methyl sites for hydroxylation is 2. The van der Waals surface area contributed by atoms with E-state index in [2.05, 4.69) is 11.9 Å². The summed E-state index contributed by atoms with van der Waals surface area (Å²) in [5.74, 6) is 1.86. The molecule has 1 aliphatic carbocycles. The number of aromatic amines is 1. The van der Waals surface area contributed by atoms with Gasteiger partial charge in [0.05, 0.1) is 5.39 Å². The summed E-state index contributed by atoms with van der Waals surface area (Å²) >= 11 is 1.67. The van der Waals surface area contributed by atoms with Gasteiger partial charge in [-0.3, -0.25) is 4.79 Å². The van der Waals surface area contributed by atoms with Crippen LogP contribution in [0, 0.1) is 12.8 Å². The Morgan fingerprint density at radius 3 is 3.00 bits per heavy atom. The highest BCUT2D eigenvalue weighted by atomic mass is 32.1. The van der Waals surface area contributed by atoms with E-state index in [0.29, 0.717) is 17.5 Å². The van der Waals surface area contributed by atoms with Crippen molar-refractivity contribution in [3.8, 4) is 11.6 Å². The molecule has 25 heavy (non-hydrogen) atoms. The third-order valence-electron chi connectivity index (χ3n) is 5.22. The van der Waals surface area contributed by atoms with E-state index in [-0.39, 0.29) is 5.56 Å². The molecular weight excluding hydrogens is 332 g/mol. The largest absolute Gasteiger partial charge is 0.453 e. The Morgan fingerprint density at radius 2 is 2.16 bits per heavy atom. The average molecular weight is 350 g/mol. The number of nitrogens with one attached hydrogen (secondary N) is 1. The van der Waals surface area contributed by atoms with Gasteiger partial charge in [0.25, 0.3) is 5.56 Å². The van der Waals surface area contributed by atoms with Gasteiger partial charge in [0, 0.05) is 15.8 Å². The quantitative estimate of drug-likeness (QED) is 0.535. The summed E-state index contributed by atoms with van der Waals surface area (Å²) in [4.78, 5) is 22.7. The van der Waals surface area contributed by atoms with Crippen LogP contribution in [0.2, 0.25) is 0 Å². The van der Waals surface area contributed by atoms with Crippen LogP contribution in [0.1, 0.15) is 29.3 Å². The molecular formula is C20H18N2O2S. The van der Waals surface area contributed by atoms with Crippen LogP contribution in [0.3, 0.4) is 0 Å². The SMILES string of the molecule is Cc1c(-c2nc3sc4c(c3c(=O)[nH]2)CC[C@H](C)C4)oc2ccccc12. The van der Waals surface area contributed by atoms with Crippen LogP contribution in [-0.2, 0) is 12.8 Å². The Kier molecular flexibility index (Phi) is 3.16. The molecule has 5 heteroatoms. The molecule has 4 nitrogen and oxygen atoms in total. The minimum Gasteiger partial charge on any atom is -0.453 e. The number of hydrogen-bond acceptors (Lipinski definition) is 4. The summed E-state index contributed by atoms with van der Waals surface area (Å²) < 4.78 is 5.98. The second kappa shape index (κ2) is 5.30. The van der Waals surface area contributed by atoms with E-state index in [1.807, 2.05) is 31.2 Å². The molecule has 0 spiro atoms. The van der Waals surface area contributed by atoms with Gasteiger partial charge in [-0.15, -0.1) is 11.3 Å². The van der Waals surface area contributed by atoms with Crippen LogP contribution in [0.4, 0.5) is 0 Å². The zero-order valence-electron chi connectivity index (χ0n) is 14.2. The molecule has 0 radical (unpaired) electrons. The van der Waals surface area contributed by atoms with Crippen molar-refractivity contribution < 1.29 is 4.42 Å². The molecule has 1 aliphatic rings. The number of aromatic nitrogens is 2. The third-order valence-corrected chi connectivity index (χ3v) is 6.37. The highest BCUT2D eigenvalue weighted by Crippen LogP contribution is 2.37. The number of fused-ring (bicyclic) bond motifs is 4. The monoisotopic (exact) mass is 350 g/mol. The first-order valence-corrected chi connectivity index (χ1v) is 9.46. The van der Waals surface area contributed by atoms with E-state index in [1.165, 1.54) is 10.4 Å². The lowest BCUT2D eigenvalue weighted by Gasteiger charge is -2.17. The van der Waals surface area contributed by atoms with Crippen molar-refractivity contribution >= 4 is 32.5 Å². The number of nitrogens with zero attached hydrogens (tertiary/aromatic N) is 1. The topological polar surface area (TPSA) is 58.9 Å². The predicted molar refractivity (Wildman–Crippen MR) is 101 cm³/mol. The summed E-state index contributed by atoms with van der Waals surface area (Å²) in [6.07, 6.45) is 3.17. The summed E-state index contributed by atoms with van der Waals surface area (Å²) in [5.41, 5.74) is 2.98. The Bertz CT molecular complexity index is 1180. The maximum Gasteiger partial charge on any atom is 0.260 e. The molecule has 0 fully saturated rings. The average Bonchev–Trinajstić information content (AvgIpc) is 3.12. The van der Waals surface area contributed by atoms with Crippen molar-refractivity contribution in [1.82, 2.24) is 9.97 Å². The lowest BCUT2D eigenvalue weighted by Crippen LogP contribution is -2.13. The number of H-pyrrole nitrogens is 1. The second-order valence-corrected chi connectivity index (χ2v) is 8.08. The maximum absolute atomic E-state index is 12.8. The van der Waals surface area contributed by atoms with Gasteiger partial charge in [0.2, 0.25) is 0 Å². The van der Waals surface area contributed by atoms with Crippen molar-refractivity contribution in [3.63, 3.8) is 0 Å². The molecule has 126 valence electrons. The normalized spacial score (nSPS) is 17.3. The molecule has 5 rings (SSSR count). The molecule has 1 aromatic carbocycles. The third kappa shape index (κ3) is 2.19. The zero-order valence-corrected chi connectivity index (χ0v) is 15.0. The van der Waals surface area contributed by atoms with Gasteiger partial charge in [-0.25, -0.2) is 4.98 Å².